The molecule has 102 valence electrons. The van der Waals surface area contributed by atoms with Gasteiger partial charge in [-0.2, -0.15) is 18.3 Å². The van der Waals surface area contributed by atoms with Crippen LogP contribution in [0.3, 0.4) is 0 Å². The van der Waals surface area contributed by atoms with Crippen LogP contribution in [-0.4, -0.2) is 16.8 Å². The number of halogens is 3. The van der Waals surface area contributed by atoms with Crippen molar-refractivity contribution in [3.8, 4) is 11.3 Å². The first-order chi connectivity index (χ1) is 8.95. The van der Waals surface area contributed by atoms with Gasteiger partial charge < -0.3 is 5.32 Å². The highest BCUT2D eigenvalue weighted by Gasteiger charge is 2.34. The van der Waals surface area contributed by atoms with E-state index in [4.69, 9.17) is 0 Å². The highest BCUT2D eigenvalue weighted by Crippen LogP contribution is 2.37. The predicted octanol–water partition coefficient (Wildman–Crippen LogP) is 2.83. The normalized spacial score (nSPS) is 11.8. The molecule has 0 saturated carbocycles. The number of alkyl halides is 3. The number of nitrogens with one attached hydrogen (secondary N) is 1. The lowest BCUT2D eigenvalue weighted by Gasteiger charge is -2.14. The molecular weight excluding hydrogens is 255 g/mol. The van der Waals surface area contributed by atoms with Gasteiger partial charge >= 0.3 is 6.18 Å². The Balaban J connectivity index is 2.63. The van der Waals surface area contributed by atoms with E-state index in [-0.39, 0.29) is 5.56 Å². The fourth-order valence-electron chi connectivity index (χ4n) is 2.09. The summed E-state index contributed by atoms with van der Waals surface area (Å²) in [5.41, 5.74) is 0.736. The molecule has 1 N–H and O–H groups in total. The SMILES string of the molecule is CNCc1cnn(C)c1-c1ccccc1C(F)(F)F. The zero-order valence-corrected chi connectivity index (χ0v) is 10.6. The number of aromatic nitrogens is 2. The third kappa shape index (κ3) is 2.63. The molecule has 0 saturated heterocycles. The number of benzene rings is 1. The van der Waals surface area contributed by atoms with Gasteiger partial charge in [0.15, 0.2) is 0 Å². The Morgan fingerprint density at radius 1 is 1.26 bits per heavy atom. The van der Waals surface area contributed by atoms with Crippen LogP contribution in [0.25, 0.3) is 11.3 Å². The standard InChI is InChI=1S/C13H14F3N3/c1-17-7-9-8-18-19(2)12(9)10-5-3-4-6-11(10)13(14,15)16/h3-6,8,17H,7H2,1-2H3. The first kappa shape index (κ1) is 13.6. The lowest BCUT2D eigenvalue weighted by Crippen LogP contribution is -2.11. The van der Waals surface area contributed by atoms with Gasteiger partial charge in [-0.15, -0.1) is 0 Å². The molecule has 1 heterocycles. The second kappa shape index (κ2) is 5.05. The van der Waals surface area contributed by atoms with Crippen LogP contribution in [0, 0.1) is 0 Å². The molecule has 0 unspecified atom stereocenters. The number of hydrogen-bond acceptors (Lipinski definition) is 2. The van der Waals surface area contributed by atoms with Gasteiger partial charge in [0.05, 0.1) is 17.5 Å². The fraction of sp³-hybridized carbons (Fsp3) is 0.308. The van der Waals surface area contributed by atoms with Crippen molar-refractivity contribution in [1.29, 1.82) is 0 Å². The average molecular weight is 269 g/mol. The maximum absolute atomic E-state index is 13.0. The minimum atomic E-state index is -4.38. The minimum Gasteiger partial charge on any atom is -0.316 e. The van der Waals surface area contributed by atoms with Gasteiger partial charge in [0.2, 0.25) is 0 Å². The van der Waals surface area contributed by atoms with Crippen molar-refractivity contribution in [3.05, 3.63) is 41.6 Å². The molecule has 6 heteroatoms. The maximum atomic E-state index is 13.0. The van der Waals surface area contributed by atoms with E-state index >= 15 is 0 Å². The second-order valence-electron chi connectivity index (χ2n) is 4.22. The van der Waals surface area contributed by atoms with Crippen LogP contribution in [0.5, 0.6) is 0 Å². The molecule has 0 radical (unpaired) electrons. The van der Waals surface area contributed by atoms with Gasteiger partial charge in [0.25, 0.3) is 0 Å². The summed E-state index contributed by atoms with van der Waals surface area (Å²) in [6, 6.07) is 5.55. The quantitative estimate of drug-likeness (QED) is 0.928. The number of nitrogens with zero attached hydrogens (tertiary/aromatic N) is 2. The van der Waals surface area contributed by atoms with E-state index in [1.807, 2.05) is 0 Å². The molecular formula is C13H14F3N3. The summed E-state index contributed by atoms with van der Waals surface area (Å²) in [4.78, 5) is 0. The summed E-state index contributed by atoms with van der Waals surface area (Å²) in [5.74, 6) is 0. The zero-order valence-electron chi connectivity index (χ0n) is 10.6. The van der Waals surface area contributed by atoms with Gasteiger partial charge in [0, 0.05) is 24.7 Å². The van der Waals surface area contributed by atoms with Crippen LogP contribution in [0.1, 0.15) is 11.1 Å². The molecule has 1 aromatic heterocycles. The van der Waals surface area contributed by atoms with E-state index in [0.717, 1.165) is 11.6 Å². The largest absolute Gasteiger partial charge is 0.417 e. The Hall–Kier alpha value is -1.82. The Bertz CT molecular complexity index is 573. The van der Waals surface area contributed by atoms with Crippen LogP contribution in [-0.2, 0) is 19.8 Å². The topological polar surface area (TPSA) is 29.9 Å². The monoisotopic (exact) mass is 269 g/mol. The summed E-state index contributed by atoms with van der Waals surface area (Å²) in [6.45, 7) is 0.468. The molecule has 0 aliphatic rings. The number of hydrogen-bond donors (Lipinski definition) is 1. The predicted molar refractivity (Wildman–Crippen MR) is 66.4 cm³/mol. The lowest BCUT2D eigenvalue weighted by molar-refractivity contribution is -0.137. The molecule has 0 spiro atoms. The molecule has 0 fully saturated rings. The lowest BCUT2D eigenvalue weighted by atomic mass is 10.0. The highest BCUT2D eigenvalue weighted by atomic mass is 19.4. The molecule has 2 rings (SSSR count). The van der Waals surface area contributed by atoms with E-state index in [1.54, 1.807) is 26.4 Å². The van der Waals surface area contributed by atoms with Gasteiger partial charge in [-0.25, -0.2) is 0 Å². The van der Waals surface area contributed by atoms with Crippen molar-refractivity contribution in [2.75, 3.05) is 7.05 Å². The zero-order chi connectivity index (χ0) is 14.0. The third-order valence-corrected chi connectivity index (χ3v) is 2.87. The van der Waals surface area contributed by atoms with E-state index in [0.29, 0.717) is 12.2 Å². The molecule has 0 bridgehead atoms. The Labute approximate surface area is 109 Å². The number of rotatable bonds is 3. The molecule has 0 atom stereocenters. The fourth-order valence-corrected chi connectivity index (χ4v) is 2.09. The third-order valence-electron chi connectivity index (χ3n) is 2.87. The first-order valence-electron chi connectivity index (χ1n) is 5.77. The van der Waals surface area contributed by atoms with Gasteiger partial charge in [-0.3, -0.25) is 4.68 Å². The Morgan fingerprint density at radius 2 is 1.95 bits per heavy atom. The number of aryl methyl sites for hydroxylation is 1. The van der Waals surface area contributed by atoms with Crippen molar-refractivity contribution in [1.82, 2.24) is 15.1 Å². The first-order valence-corrected chi connectivity index (χ1v) is 5.77. The van der Waals surface area contributed by atoms with Crippen molar-refractivity contribution in [3.63, 3.8) is 0 Å². The minimum absolute atomic E-state index is 0.153. The van der Waals surface area contributed by atoms with E-state index < -0.39 is 11.7 Å². The Morgan fingerprint density at radius 3 is 2.58 bits per heavy atom. The van der Waals surface area contributed by atoms with E-state index in [9.17, 15) is 13.2 Å². The summed E-state index contributed by atoms with van der Waals surface area (Å²) < 4.78 is 40.6. The van der Waals surface area contributed by atoms with Crippen LogP contribution in [0.15, 0.2) is 30.5 Å². The van der Waals surface area contributed by atoms with Crippen LogP contribution >= 0.6 is 0 Å². The molecule has 1 aromatic carbocycles. The van der Waals surface area contributed by atoms with Crippen molar-refractivity contribution in [2.45, 2.75) is 12.7 Å². The van der Waals surface area contributed by atoms with E-state index in [2.05, 4.69) is 10.4 Å². The second-order valence-corrected chi connectivity index (χ2v) is 4.22. The summed E-state index contributed by atoms with van der Waals surface area (Å²) in [6.07, 6.45) is -2.79. The molecule has 0 aliphatic heterocycles. The summed E-state index contributed by atoms with van der Waals surface area (Å²) >= 11 is 0. The Kier molecular flexibility index (Phi) is 3.61. The highest BCUT2D eigenvalue weighted by molar-refractivity contribution is 5.68. The smallest absolute Gasteiger partial charge is 0.316 e. The molecule has 3 nitrogen and oxygen atoms in total. The van der Waals surface area contributed by atoms with Gasteiger partial charge in [-0.05, 0) is 13.1 Å². The molecule has 2 aromatic rings. The van der Waals surface area contributed by atoms with Crippen LogP contribution in [0.4, 0.5) is 13.2 Å². The summed E-state index contributed by atoms with van der Waals surface area (Å²) in [5, 5.41) is 6.98. The summed E-state index contributed by atoms with van der Waals surface area (Å²) in [7, 11) is 3.38. The van der Waals surface area contributed by atoms with Crippen LogP contribution < -0.4 is 5.32 Å². The molecule has 0 aliphatic carbocycles. The van der Waals surface area contributed by atoms with Crippen LogP contribution in [0.2, 0.25) is 0 Å². The van der Waals surface area contributed by atoms with Crippen molar-refractivity contribution in [2.24, 2.45) is 7.05 Å². The van der Waals surface area contributed by atoms with Gasteiger partial charge in [-0.1, -0.05) is 18.2 Å². The van der Waals surface area contributed by atoms with Crippen molar-refractivity contribution >= 4 is 0 Å². The maximum Gasteiger partial charge on any atom is 0.417 e. The average Bonchev–Trinajstić information content (AvgIpc) is 2.70. The van der Waals surface area contributed by atoms with E-state index in [1.165, 1.54) is 16.8 Å². The molecule has 0 amide bonds. The van der Waals surface area contributed by atoms with Crippen molar-refractivity contribution < 1.29 is 13.2 Å². The van der Waals surface area contributed by atoms with Gasteiger partial charge in [0.1, 0.15) is 0 Å². The molecule has 19 heavy (non-hydrogen) atoms.